The van der Waals surface area contributed by atoms with Crippen LogP contribution in [0.25, 0.3) is 11.1 Å². The van der Waals surface area contributed by atoms with Crippen molar-refractivity contribution >= 4 is 10.1 Å². The third-order valence-electron chi connectivity index (χ3n) is 4.98. The number of rotatable bonds is 4. The Labute approximate surface area is 167 Å². The van der Waals surface area contributed by atoms with Crippen LogP contribution in [-0.2, 0) is 20.7 Å². The molecule has 0 bridgehead atoms. The molecule has 1 unspecified atom stereocenters. The van der Waals surface area contributed by atoms with Crippen molar-refractivity contribution in [2.45, 2.75) is 24.3 Å². The van der Waals surface area contributed by atoms with E-state index in [4.69, 9.17) is 8.92 Å². The van der Waals surface area contributed by atoms with E-state index in [1.165, 1.54) is 18.2 Å². The highest BCUT2D eigenvalue weighted by atomic mass is 32.2. The van der Waals surface area contributed by atoms with Gasteiger partial charge in [0.25, 0.3) is 10.1 Å². The molecule has 7 heteroatoms. The van der Waals surface area contributed by atoms with Crippen LogP contribution in [0.1, 0.15) is 22.8 Å². The molecule has 0 spiro atoms. The number of benzene rings is 3. The zero-order valence-electron chi connectivity index (χ0n) is 15.8. The summed E-state index contributed by atoms with van der Waals surface area (Å²) in [5.41, 5.74) is 2.88. The van der Waals surface area contributed by atoms with E-state index in [0.717, 1.165) is 24.3 Å². The Morgan fingerprint density at radius 1 is 1.03 bits per heavy atom. The molecule has 0 saturated carbocycles. The first-order valence-corrected chi connectivity index (χ1v) is 10.4. The maximum atomic E-state index is 14.4. The molecule has 4 nitrogen and oxygen atoms in total. The fourth-order valence-electron chi connectivity index (χ4n) is 3.60. The smallest absolute Gasteiger partial charge is 0.297 e. The van der Waals surface area contributed by atoms with Crippen molar-refractivity contribution in [1.82, 2.24) is 0 Å². The van der Waals surface area contributed by atoms with Crippen LogP contribution in [0, 0.1) is 18.6 Å². The van der Waals surface area contributed by atoms with Gasteiger partial charge in [0.1, 0.15) is 28.4 Å². The minimum absolute atomic E-state index is 0.0397. The van der Waals surface area contributed by atoms with Crippen molar-refractivity contribution in [2.24, 2.45) is 0 Å². The summed E-state index contributed by atoms with van der Waals surface area (Å²) < 4.78 is 63.2. The zero-order valence-corrected chi connectivity index (χ0v) is 16.6. The van der Waals surface area contributed by atoms with Gasteiger partial charge in [-0.05, 0) is 30.7 Å². The Kier molecular flexibility index (Phi) is 4.88. The van der Waals surface area contributed by atoms with Gasteiger partial charge >= 0.3 is 0 Å². The number of ether oxygens (including phenoxy) is 1. The molecule has 0 fully saturated rings. The highest BCUT2D eigenvalue weighted by Crippen LogP contribution is 2.45. The molecule has 1 heterocycles. The molecule has 3 aromatic carbocycles. The first kappa shape index (κ1) is 19.5. The molecule has 150 valence electrons. The van der Waals surface area contributed by atoms with Crippen molar-refractivity contribution in [1.29, 1.82) is 0 Å². The van der Waals surface area contributed by atoms with Crippen molar-refractivity contribution in [2.75, 3.05) is 7.11 Å². The lowest BCUT2D eigenvalue weighted by Gasteiger charge is -2.17. The second-order valence-electron chi connectivity index (χ2n) is 6.89. The van der Waals surface area contributed by atoms with Gasteiger partial charge in [-0.25, -0.2) is 8.78 Å². The lowest BCUT2D eigenvalue weighted by atomic mass is 9.98. The predicted octanol–water partition coefficient (Wildman–Crippen LogP) is 4.95. The van der Waals surface area contributed by atoms with Crippen LogP contribution in [0.5, 0.6) is 5.75 Å². The molecule has 4 rings (SSSR count). The predicted molar refractivity (Wildman–Crippen MR) is 104 cm³/mol. The molecule has 1 aliphatic rings. The van der Waals surface area contributed by atoms with Gasteiger partial charge in [0.05, 0.1) is 7.11 Å². The average Bonchev–Trinajstić information content (AvgIpc) is 3.12. The minimum Gasteiger partial charge on any atom is -0.484 e. The molecule has 0 N–H and O–H groups in total. The van der Waals surface area contributed by atoms with Gasteiger partial charge in [0.15, 0.2) is 0 Å². The van der Waals surface area contributed by atoms with E-state index in [0.29, 0.717) is 23.3 Å². The fourth-order valence-corrected chi connectivity index (χ4v) is 4.49. The maximum absolute atomic E-state index is 14.4. The summed E-state index contributed by atoms with van der Waals surface area (Å²) >= 11 is 0. The van der Waals surface area contributed by atoms with Gasteiger partial charge in [-0.3, -0.25) is 4.18 Å². The van der Waals surface area contributed by atoms with Crippen molar-refractivity contribution in [3.63, 3.8) is 0 Å². The van der Waals surface area contributed by atoms with Gasteiger partial charge in [-0.1, -0.05) is 35.9 Å². The quantitative estimate of drug-likeness (QED) is 0.565. The number of fused-ring (bicyclic) bond motifs is 1. The van der Waals surface area contributed by atoms with Crippen LogP contribution in [0.15, 0.2) is 59.5 Å². The van der Waals surface area contributed by atoms with E-state index >= 15 is 0 Å². The lowest BCUT2D eigenvalue weighted by Crippen LogP contribution is -2.12. The van der Waals surface area contributed by atoms with Gasteiger partial charge in [-0.15, -0.1) is 0 Å². The highest BCUT2D eigenvalue weighted by molar-refractivity contribution is 7.86. The van der Waals surface area contributed by atoms with Crippen LogP contribution in [-0.4, -0.2) is 15.5 Å². The SMILES string of the molecule is COS(=O)(=O)c1ccc(C)cc1C1Cc2cccc(-c3ccc(F)cc3F)c2O1. The second kappa shape index (κ2) is 7.24. The molecule has 1 aliphatic heterocycles. The normalized spacial score (nSPS) is 15.8. The molecular weight excluding hydrogens is 398 g/mol. The van der Waals surface area contributed by atoms with Crippen LogP contribution < -0.4 is 4.74 Å². The van der Waals surface area contributed by atoms with Gasteiger partial charge in [0, 0.05) is 29.2 Å². The first-order valence-electron chi connectivity index (χ1n) is 8.95. The molecule has 0 aliphatic carbocycles. The summed E-state index contributed by atoms with van der Waals surface area (Å²) in [6.07, 6.45) is -0.156. The second-order valence-corrected chi connectivity index (χ2v) is 8.57. The summed E-state index contributed by atoms with van der Waals surface area (Å²) in [6, 6.07) is 13.6. The van der Waals surface area contributed by atoms with E-state index in [1.54, 1.807) is 24.3 Å². The van der Waals surface area contributed by atoms with E-state index in [9.17, 15) is 17.2 Å². The van der Waals surface area contributed by atoms with Gasteiger partial charge in [-0.2, -0.15) is 8.42 Å². The summed E-state index contributed by atoms with van der Waals surface area (Å²) in [7, 11) is -2.82. The molecular formula is C22H18F2O4S. The molecule has 0 radical (unpaired) electrons. The molecule has 0 saturated heterocycles. The van der Waals surface area contributed by atoms with Gasteiger partial charge in [0.2, 0.25) is 0 Å². The van der Waals surface area contributed by atoms with E-state index < -0.39 is 27.9 Å². The maximum Gasteiger partial charge on any atom is 0.297 e. The Morgan fingerprint density at radius 3 is 2.55 bits per heavy atom. The van der Waals surface area contributed by atoms with Crippen molar-refractivity contribution in [3.05, 3.63) is 82.9 Å². The Hall–Kier alpha value is -2.77. The summed E-state index contributed by atoms with van der Waals surface area (Å²) in [5, 5.41) is 0. The van der Waals surface area contributed by atoms with Crippen LogP contribution in [0.4, 0.5) is 8.78 Å². The molecule has 29 heavy (non-hydrogen) atoms. The topological polar surface area (TPSA) is 52.6 Å². The third kappa shape index (κ3) is 3.52. The Bertz CT molecular complexity index is 1210. The van der Waals surface area contributed by atoms with E-state index in [1.807, 2.05) is 13.0 Å². The van der Waals surface area contributed by atoms with Crippen LogP contribution in [0.3, 0.4) is 0 Å². The number of hydrogen-bond donors (Lipinski definition) is 0. The third-order valence-corrected chi connectivity index (χ3v) is 6.33. The van der Waals surface area contributed by atoms with Crippen LogP contribution >= 0.6 is 0 Å². The number of halogens is 2. The summed E-state index contributed by atoms with van der Waals surface area (Å²) in [6.45, 7) is 1.86. The Balaban J connectivity index is 1.79. The summed E-state index contributed by atoms with van der Waals surface area (Å²) in [4.78, 5) is 0.0397. The minimum atomic E-state index is -3.93. The van der Waals surface area contributed by atoms with Gasteiger partial charge < -0.3 is 4.74 Å². The average molecular weight is 416 g/mol. The highest BCUT2D eigenvalue weighted by Gasteiger charge is 2.32. The molecule has 0 amide bonds. The first-order chi connectivity index (χ1) is 13.8. The largest absolute Gasteiger partial charge is 0.484 e. The zero-order chi connectivity index (χ0) is 20.8. The fraction of sp³-hybridized carbons (Fsp3) is 0.182. The van der Waals surface area contributed by atoms with E-state index in [2.05, 4.69) is 0 Å². The monoisotopic (exact) mass is 416 g/mol. The van der Waals surface area contributed by atoms with E-state index in [-0.39, 0.29) is 10.5 Å². The number of para-hydroxylation sites is 1. The standard InChI is InChI=1S/C22H18F2O4S/c1-13-6-9-21(29(25,26)27-2)18(10-13)20-11-14-4-3-5-17(22(14)28-20)16-8-7-15(23)12-19(16)24/h3-10,12,20H,11H2,1-2H3. The number of aryl methyl sites for hydroxylation is 1. The summed E-state index contributed by atoms with van der Waals surface area (Å²) in [5.74, 6) is -0.888. The Morgan fingerprint density at radius 2 is 1.83 bits per heavy atom. The molecule has 3 aromatic rings. The molecule has 0 aromatic heterocycles. The van der Waals surface area contributed by atoms with Crippen molar-refractivity contribution < 1.29 is 26.1 Å². The number of hydrogen-bond acceptors (Lipinski definition) is 4. The lowest BCUT2D eigenvalue weighted by molar-refractivity contribution is 0.235. The van der Waals surface area contributed by atoms with Crippen LogP contribution in [0.2, 0.25) is 0 Å². The van der Waals surface area contributed by atoms with Crippen molar-refractivity contribution in [3.8, 4) is 16.9 Å². The molecule has 1 atom stereocenters.